The first-order chi connectivity index (χ1) is 11.1. The summed E-state index contributed by atoms with van der Waals surface area (Å²) < 4.78 is 0.715. The van der Waals surface area contributed by atoms with Gasteiger partial charge in [-0.2, -0.15) is 0 Å². The Morgan fingerprint density at radius 2 is 1.38 bits per heavy atom. The van der Waals surface area contributed by atoms with Gasteiger partial charge in [-0.15, -0.1) is 0 Å². The maximum atomic E-state index is 12.6. The number of hydrogen-bond donors (Lipinski definition) is 2. The fourth-order valence-corrected chi connectivity index (χ4v) is 5.82. The Morgan fingerprint density at radius 3 is 1.79 bits per heavy atom. The molecular weight excluding hydrogens is 534 g/mol. The van der Waals surface area contributed by atoms with Crippen molar-refractivity contribution in [2.45, 2.75) is 66.5 Å². The second-order valence-corrected chi connectivity index (χ2v) is 12.5. The average Bonchev–Trinajstić information content (AvgIpc) is 2.44. The fourth-order valence-electron chi connectivity index (χ4n) is 2.41. The number of hydrogen-bond acceptors (Lipinski definition) is 3. The molecule has 5 nitrogen and oxygen atoms in total. The van der Waals surface area contributed by atoms with Crippen molar-refractivity contribution in [1.29, 1.82) is 0 Å². The molecule has 0 aliphatic rings. The number of Topliss-reactive ketones (excluding diaryl/α,β-unsaturated/α-hetero) is 1. The topological polar surface area (TPSA) is 75.3 Å². The Hall–Kier alpha value is 0.0700. The molecule has 0 aromatic heterocycles. The Labute approximate surface area is 166 Å². The van der Waals surface area contributed by atoms with Crippen LogP contribution in [0.5, 0.6) is 0 Å². The van der Waals surface area contributed by atoms with E-state index in [0.717, 1.165) is 6.42 Å². The van der Waals surface area contributed by atoms with Gasteiger partial charge in [-0.3, -0.25) is 0 Å². The predicted octanol–water partition coefficient (Wildman–Crippen LogP) is -0.288. The molecule has 7 heteroatoms. The standard InChI is InChI=1S/C17H31I2N2O3/c1-10(2)7-12(5)16(23)20-14(8-11(3)4)17(24)21-15(9-19-18)13(6)22/h10-12,14-15H,7-9H2,1-6H3,(H,20,23)(H,21,24)/q-1/t12-,14+,15+/m1/s1. The van der Waals surface area contributed by atoms with Crippen molar-refractivity contribution in [2.24, 2.45) is 17.8 Å². The molecule has 0 bridgehead atoms. The molecule has 0 heterocycles. The fraction of sp³-hybridized carbons (Fsp3) is 0.824. The molecule has 0 radical (unpaired) electrons. The Balaban J connectivity index is 4.94. The van der Waals surface area contributed by atoms with Gasteiger partial charge >= 0.3 is 167 Å². The number of ketones is 1. The zero-order chi connectivity index (χ0) is 18.9. The van der Waals surface area contributed by atoms with Gasteiger partial charge in [0, 0.05) is 0 Å². The minimum absolute atomic E-state index is 0.0254. The number of halogens is 2. The number of carbonyl (C=O) groups excluding carboxylic acids is 3. The van der Waals surface area contributed by atoms with Crippen molar-refractivity contribution < 1.29 is 31.6 Å². The molecule has 0 aromatic carbocycles. The van der Waals surface area contributed by atoms with E-state index in [1.54, 1.807) is 0 Å². The van der Waals surface area contributed by atoms with E-state index in [-0.39, 0.29) is 46.7 Å². The number of alkyl halides is 1. The molecule has 0 saturated carbocycles. The van der Waals surface area contributed by atoms with Crippen LogP contribution in [0.1, 0.15) is 54.4 Å². The van der Waals surface area contributed by atoms with E-state index >= 15 is 0 Å². The van der Waals surface area contributed by atoms with Gasteiger partial charge in [0.25, 0.3) is 0 Å². The molecule has 0 fully saturated rings. The van der Waals surface area contributed by atoms with Crippen LogP contribution >= 0.6 is 18.6 Å². The molecule has 0 unspecified atom stereocenters. The molecule has 0 saturated heterocycles. The van der Waals surface area contributed by atoms with Crippen LogP contribution in [-0.4, -0.2) is 34.1 Å². The van der Waals surface area contributed by atoms with Gasteiger partial charge in [0.15, 0.2) is 0 Å². The second-order valence-electron chi connectivity index (χ2n) is 7.15. The van der Waals surface area contributed by atoms with Crippen LogP contribution in [0.2, 0.25) is 0 Å². The van der Waals surface area contributed by atoms with Crippen molar-refractivity contribution in [3.05, 3.63) is 0 Å². The van der Waals surface area contributed by atoms with E-state index in [1.807, 2.05) is 20.8 Å². The molecule has 0 spiro atoms. The summed E-state index contributed by atoms with van der Waals surface area (Å²) >= 11 is 2.17. The van der Waals surface area contributed by atoms with Crippen LogP contribution in [0.3, 0.4) is 0 Å². The van der Waals surface area contributed by atoms with Crippen LogP contribution in [0.15, 0.2) is 0 Å². The number of nitrogens with one attached hydrogen (secondary N) is 2. The minimum atomic E-state index is -0.582. The molecule has 0 rings (SSSR count). The third kappa shape index (κ3) is 10.1. The molecule has 24 heavy (non-hydrogen) atoms. The van der Waals surface area contributed by atoms with Gasteiger partial charge in [0.2, 0.25) is 0 Å². The summed E-state index contributed by atoms with van der Waals surface area (Å²) in [5.74, 6) is 0.207. The normalized spacial score (nSPS) is 15.2. The third-order valence-corrected chi connectivity index (χ3v) is 7.08. The molecular formula is C17H31I2N2O3-. The van der Waals surface area contributed by atoms with E-state index in [1.165, 1.54) is 6.92 Å². The van der Waals surface area contributed by atoms with Gasteiger partial charge in [-0.25, -0.2) is 0 Å². The van der Waals surface area contributed by atoms with Crippen molar-refractivity contribution in [2.75, 3.05) is 4.43 Å². The van der Waals surface area contributed by atoms with Crippen LogP contribution in [0, 0.1) is 17.8 Å². The predicted molar refractivity (Wildman–Crippen MR) is 102 cm³/mol. The molecule has 0 aliphatic heterocycles. The van der Waals surface area contributed by atoms with Crippen molar-refractivity contribution in [1.82, 2.24) is 10.6 Å². The van der Waals surface area contributed by atoms with Gasteiger partial charge in [0.05, 0.1) is 0 Å². The van der Waals surface area contributed by atoms with E-state index in [2.05, 4.69) is 43.1 Å². The van der Waals surface area contributed by atoms with E-state index in [4.69, 9.17) is 0 Å². The van der Waals surface area contributed by atoms with Gasteiger partial charge in [-0.1, -0.05) is 0 Å². The summed E-state index contributed by atoms with van der Waals surface area (Å²) in [6, 6.07) is -1.01. The summed E-state index contributed by atoms with van der Waals surface area (Å²) in [5, 5.41) is 5.71. The first-order valence-corrected chi connectivity index (χ1v) is 16.2. The Kier molecular flexibility index (Phi) is 12.5. The van der Waals surface area contributed by atoms with Crippen LogP contribution in [0.4, 0.5) is 0 Å². The first-order valence-electron chi connectivity index (χ1n) is 8.39. The maximum absolute atomic E-state index is 12.6. The molecule has 142 valence electrons. The zero-order valence-electron chi connectivity index (χ0n) is 15.5. The zero-order valence-corrected chi connectivity index (χ0v) is 19.8. The summed E-state index contributed by atoms with van der Waals surface area (Å²) in [6.07, 6.45) is 1.35. The number of amides is 2. The second kappa shape index (κ2) is 12.4. The van der Waals surface area contributed by atoms with E-state index in [0.29, 0.717) is 16.8 Å². The monoisotopic (exact) mass is 565 g/mol. The average molecular weight is 565 g/mol. The van der Waals surface area contributed by atoms with E-state index in [9.17, 15) is 14.4 Å². The SMILES string of the molecule is CC(=O)[C@H](C[I-]I)NC(=O)[C@H](CC(C)C)NC(=O)[C@H](C)CC(C)C. The molecule has 2 amide bonds. The molecule has 0 aliphatic carbocycles. The van der Waals surface area contributed by atoms with Crippen molar-refractivity contribution in [3.63, 3.8) is 0 Å². The van der Waals surface area contributed by atoms with Crippen molar-refractivity contribution >= 4 is 36.2 Å². The van der Waals surface area contributed by atoms with Crippen LogP contribution < -0.4 is 27.9 Å². The van der Waals surface area contributed by atoms with Gasteiger partial charge in [0.1, 0.15) is 0 Å². The summed E-state index contributed by atoms with van der Waals surface area (Å²) in [5.41, 5.74) is 0. The Morgan fingerprint density at radius 1 is 0.875 bits per heavy atom. The molecule has 0 aromatic rings. The third-order valence-electron chi connectivity index (χ3n) is 3.63. The van der Waals surface area contributed by atoms with Gasteiger partial charge < -0.3 is 0 Å². The molecule has 3 atom stereocenters. The Bertz CT molecular complexity index is 428. The van der Waals surface area contributed by atoms with Crippen molar-refractivity contribution in [3.8, 4) is 0 Å². The summed E-state index contributed by atoms with van der Waals surface area (Å²) in [6.45, 7) is 11.6. The number of rotatable bonds is 11. The van der Waals surface area contributed by atoms with Crippen LogP contribution in [-0.2, 0) is 14.4 Å². The quantitative estimate of drug-likeness (QED) is 0.268. The summed E-state index contributed by atoms with van der Waals surface area (Å²) in [4.78, 5) is 36.6. The summed E-state index contributed by atoms with van der Waals surface area (Å²) in [7, 11) is 0. The first kappa shape index (κ1) is 24.1. The number of carbonyl (C=O) groups is 3. The van der Waals surface area contributed by atoms with Crippen LogP contribution in [0.25, 0.3) is 0 Å². The van der Waals surface area contributed by atoms with E-state index < -0.39 is 12.1 Å². The molecule has 2 N–H and O–H groups in total. The van der Waals surface area contributed by atoms with Gasteiger partial charge in [-0.05, 0) is 0 Å².